The lowest BCUT2D eigenvalue weighted by Crippen LogP contribution is -2.01. The molecule has 0 aliphatic carbocycles. The smallest absolute Gasteiger partial charge is 0.193 e. The van der Waals surface area contributed by atoms with E-state index >= 15 is 0 Å². The minimum Gasteiger partial charge on any atom is -0.326 e. The van der Waals surface area contributed by atoms with Crippen LogP contribution in [0.2, 0.25) is 0 Å². The number of hydrogen-bond donors (Lipinski definition) is 1. The van der Waals surface area contributed by atoms with Gasteiger partial charge in [0.05, 0.1) is 0 Å². The van der Waals surface area contributed by atoms with Crippen molar-refractivity contribution in [2.24, 2.45) is 5.73 Å². The Morgan fingerprint density at radius 2 is 1.94 bits per heavy atom. The minimum atomic E-state index is 0.0768. The van der Waals surface area contributed by atoms with Crippen LogP contribution in [0, 0.1) is 6.92 Å². The molecule has 3 heteroatoms. The van der Waals surface area contributed by atoms with Crippen molar-refractivity contribution in [1.82, 2.24) is 0 Å². The third-order valence-electron chi connectivity index (χ3n) is 2.44. The van der Waals surface area contributed by atoms with Crippen LogP contribution in [0.4, 0.5) is 0 Å². The fourth-order valence-corrected chi connectivity index (χ4v) is 2.20. The van der Waals surface area contributed by atoms with Crippen LogP contribution in [-0.4, -0.2) is 5.78 Å². The van der Waals surface area contributed by atoms with Crippen LogP contribution in [-0.2, 0) is 6.54 Å². The Labute approximate surface area is 98.7 Å². The zero-order valence-corrected chi connectivity index (χ0v) is 9.88. The van der Waals surface area contributed by atoms with E-state index in [1.54, 1.807) is 11.3 Å². The summed E-state index contributed by atoms with van der Waals surface area (Å²) < 4.78 is 0. The predicted molar refractivity (Wildman–Crippen MR) is 66.8 cm³/mol. The molecule has 2 N–H and O–H groups in total. The van der Waals surface area contributed by atoms with Crippen LogP contribution in [0.1, 0.15) is 26.4 Å². The van der Waals surface area contributed by atoms with Gasteiger partial charge < -0.3 is 5.73 Å². The monoisotopic (exact) mass is 231 g/mol. The summed E-state index contributed by atoms with van der Waals surface area (Å²) in [5.74, 6) is 0.0768. The lowest BCUT2D eigenvalue weighted by Gasteiger charge is -2.00. The van der Waals surface area contributed by atoms with Gasteiger partial charge in [0.1, 0.15) is 0 Å². The number of carbonyl (C=O) groups is 1. The molecule has 0 atom stereocenters. The molecule has 16 heavy (non-hydrogen) atoms. The summed E-state index contributed by atoms with van der Waals surface area (Å²) in [6.45, 7) is 2.50. The molecule has 82 valence electrons. The largest absolute Gasteiger partial charge is 0.326 e. The molecule has 0 aliphatic heterocycles. The molecule has 2 aromatic rings. The van der Waals surface area contributed by atoms with Crippen molar-refractivity contribution < 1.29 is 4.79 Å². The molecule has 0 fully saturated rings. The number of nitrogens with two attached hydrogens (primary N) is 1. The second kappa shape index (κ2) is 4.60. The van der Waals surface area contributed by atoms with Crippen molar-refractivity contribution in [3.8, 4) is 0 Å². The van der Waals surface area contributed by atoms with Crippen molar-refractivity contribution >= 4 is 17.1 Å². The van der Waals surface area contributed by atoms with Crippen molar-refractivity contribution in [2.75, 3.05) is 0 Å². The minimum absolute atomic E-state index is 0.0768. The Morgan fingerprint density at radius 3 is 2.44 bits per heavy atom. The molecular formula is C13H13NOS. The third kappa shape index (κ3) is 2.21. The van der Waals surface area contributed by atoms with Crippen molar-refractivity contribution in [2.45, 2.75) is 13.5 Å². The summed E-state index contributed by atoms with van der Waals surface area (Å²) in [7, 11) is 0. The Balaban J connectivity index is 2.27. The first-order valence-electron chi connectivity index (χ1n) is 5.09. The Bertz CT molecular complexity index is 499. The number of aryl methyl sites for hydroxylation is 1. The van der Waals surface area contributed by atoms with Crippen LogP contribution >= 0.6 is 11.3 Å². The molecule has 1 aromatic heterocycles. The van der Waals surface area contributed by atoms with E-state index in [0.717, 1.165) is 21.6 Å². The molecule has 2 rings (SSSR count). The number of benzene rings is 1. The van der Waals surface area contributed by atoms with Gasteiger partial charge in [-0.1, -0.05) is 24.3 Å². The topological polar surface area (TPSA) is 43.1 Å². The first-order valence-corrected chi connectivity index (χ1v) is 5.97. The second-order valence-electron chi connectivity index (χ2n) is 3.68. The van der Waals surface area contributed by atoms with E-state index in [9.17, 15) is 4.79 Å². The van der Waals surface area contributed by atoms with Gasteiger partial charge in [-0.2, -0.15) is 0 Å². The highest BCUT2D eigenvalue weighted by Crippen LogP contribution is 2.17. The maximum atomic E-state index is 12.0. The first kappa shape index (κ1) is 11.0. The van der Waals surface area contributed by atoms with Gasteiger partial charge in [0.2, 0.25) is 0 Å². The molecule has 0 bridgehead atoms. The second-order valence-corrected chi connectivity index (χ2v) is 4.79. The lowest BCUT2D eigenvalue weighted by molar-refractivity contribution is 0.103. The van der Waals surface area contributed by atoms with Gasteiger partial charge in [0.15, 0.2) is 5.78 Å². The maximum Gasteiger partial charge on any atom is 0.193 e. The van der Waals surface area contributed by atoms with Gasteiger partial charge in [0, 0.05) is 27.9 Å². The summed E-state index contributed by atoms with van der Waals surface area (Å²) in [5, 5.41) is 1.90. The number of hydrogen-bond acceptors (Lipinski definition) is 3. The standard InChI is InChI=1S/C13H13NOS/c1-9-6-12(8-16-9)13(15)11-4-2-10(7-14)3-5-11/h2-6,8H,7,14H2,1H3. The molecule has 1 aromatic carbocycles. The van der Waals surface area contributed by atoms with E-state index < -0.39 is 0 Å². The van der Waals surface area contributed by atoms with E-state index in [-0.39, 0.29) is 5.78 Å². The molecule has 0 aliphatic rings. The van der Waals surface area contributed by atoms with Crippen LogP contribution in [0.15, 0.2) is 35.7 Å². The number of carbonyl (C=O) groups excluding carboxylic acids is 1. The molecule has 2 nitrogen and oxygen atoms in total. The fourth-order valence-electron chi connectivity index (χ4n) is 1.52. The Morgan fingerprint density at radius 1 is 1.25 bits per heavy atom. The number of thiophene rings is 1. The molecule has 0 radical (unpaired) electrons. The number of rotatable bonds is 3. The summed E-state index contributed by atoms with van der Waals surface area (Å²) in [6, 6.07) is 9.37. The molecule has 0 spiro atoms. The van der Waals surface area contributed by atoms with Crippen LogP contribution in [0.5, 0.6) is 0 Å². The zero-order chi connectivity index (χ0) is 11.5. The summed E-state index contributed by atoms with van der Waals surface area (Å²) in [5.41, 5.74) is 8.03. The number of ketones is 1. The van der Waals surface area contributed by atoms with Crippen molar-refractivity contribution in [3.05, 3.63) is 57.3 Å². The van der Waals surface area contributed by atoms with Gasteiger partial charge >= 0.3 is 0 Å². The summed E-state index contributed by atoms with van der Waals surface area (Å²) in [6.07, 6.45) is 0. The van der Waals surface area contributed by atoms with Gasteiger partial charge in [-0.3, -0.25) is 4.79 Å². The molecule has 0 amide bonds. The summed E-state index contributed by atoms with van der Waals surface area (Å²) >= 11 is 1.59. The quantitative estimate of drug-likeness (QED) is 0.825. The summed E-state index contributed by atoms with van der Waals surface area (Å²) in [4.78, 5) is 13.2. The normalized spacial score (nSPS) is 10.4. The fraction of sp³-hybridized carbons (Fsp3) is 0.154. The lowest BCUT2D eigenvalue weighted by atomic mass is 10.0. The van der Waals surface area contributed by atoms with Gasteiger partial charge in [-0.05, 0) is 18.6 Å². The van der Waals surface area contributed by atoms with E-state index in [0.29, 0.717) is 6.54 Å². The molecule has 0 unspecified atom stereocenters. The SMILES string of the molecule is Cc1cc(C(=O)c2ccc(CN)cc2)cs1. The zero-order valence-electron chi connectivity index (χ0n) is 9.07. The van der Waals surface area contributed by atoms with Crippen molar-refractivity contribution in [1.29, 1.82) is 0 Å². The Kier molecular flexibility index (Phi) is 3.17. The highest BCUT2D eigenvalue weighted by atomic mass is 32.1. The van der Waals surface area contributed by atoms with Gasteiger partial charge in [-0.25, -0.2) is 0 Å². The highest BCUT2D eigenvalue weighted by molar-refractivity contribution is 7.10. The maximum absolute atomic E-state index is 12.0. The average Bonchev–Trinajstić information content (AvgIpc) is 2.75. The van der Waals surface area contributed by atoms with Crippen molar-refractivity contribution in [3.63, 3.8) is 0 Å². The predicted octanol–water partition coefficient (Wildman–Crippen LogP) is 2.75. The van der Waals surface area contributed by atoms with E-state index in [2.05, 4.69) is 0 Å². The molecule has 0 saturated carbocycles. The molecular weight excluding hydrogens is 218 g/mol. The highest BCUT2D eigenvalue weighted by Gasteiger charge is 2.09. The van der Waals surface area contributed by atoms with E-state index in [4.69, 9.17) is 5.73 Å². The van der Waals surface area contributed by atoms with E-state index in [1.807, 2.05) is 42.6 Å². The molecule has 1 heterocycles. The third-order valence-corrected chi connectivity index (χ3v) is 3.31. The first-order chi connectivity index (χ1) is 7.70. The molecule has 0 saturated heterocycles. The van der Waals surface area contributed by atoms with E-state index in [1.165, 1.54) is 0 Å². The van der Waals surface area contributed by atoms with Crippen LogP contribution in [0.3, 0.4) is 0 Å². The van der Waals surface area contributed by atoms with Crippen LogP contribution in [0.25, 0.3) is 0 Å². The van der Waals surface area contributed by atoms with Gasteiger partial charge in [0.25, 0.3) is 0 Å². The average molecular weight is 231 g/mol. The Hall–Kier alpha value is -1.45. The van der Waals surface area contributed by atoms with Crippen LogP contribution < -0.4 is 5.73 Å². The van der Waals surface area contributed by atoms with Gasteiger partial charge in [-0.15, -0.1) is 11.3 Å².